The molecule has 3 aromatic rings. The number of hydrogen-bond donors (Lipinski definition) is 0. The average Bonchev–Trinajstić information content (AvgIpc) is 3.02. The fourth-order valence-electron chi connectivity index (χ4n) is 1.94. The highest BCUT2D eigenvalue weighted by atomic mass is 35.5. The predicted octanol–water partition coefficient (Wildman–Crippen LogP) is 2.57. The number of aromatic nitrogens is 4. The molecule has 114 valence electrons. The van der Waals surface area contributed by atoms with E-state index in [-0.39, 0.29) is 12.3 Å². The van der Waals surface area contributed by atoms with Gasteiger partial charge >= 0.3 is 5.69 Å². The topological polar surface area (TPSA) is 61.9 Å². The third-order valence-corrected chi connectivity index (χ3v) is 4.45. The summed E-state index contributed by atoms with van der Waals surface area (Å²) in [7, 11) is 1.53. The Kier molecular flexibility index (Phi) is 3.65. The number of rotatable bonds is 4. The molecule has 0 fully saturated rings. The first-order valence-corrected chi connectivity index (χ1v) is 7.68. The smallest absolute Gasteiger partial charge is 0.368 e. The molecule has 0 saturated carbocycles. The molecule has 0 N–H and O–H groups in total. The molecule has 2 aromatic heterocycles. The first kappa shape index (κ1) is 13.5. The predicted molar refractivity (Wildman–Crippen MR) is 85.0 cm³/mol. The number of nitrogens with zero attached hydrogens (tertiary/aromatic N) is 4. The summed E-state index contributed by atoms with van der Waals surface area (Å²) in [6.45, 7) is 2.07. The maximum Gasteiger partial charge on any atom is 0.368 e. The molecule has 0 unspecified atom stereocenters. The standard InChI is InChI=1S/C14H13ClN4O2S/c1-9-5-3-4-6-12(9)21-7-10-11(8-22-13(10)15)19-14(20)18(2)16-17-19/h3-6,8H,7H2,1-2H3/i3T. The van der Waals surface area contributed by atoms with Crippen molar-refractivity contribution in [2.75, 3.05) is 0 Å². The zero-order valence-corrected chi connectivity index (χ0v) is 13.5. The normalized spacial score (nSPS) is 11.5. The van der Waals surface area contributed by atoms with Crippen molar-refractivity contribution < 1.29 is 6.11 Å². The molecule has 2 heterocycles. The van der Waals surface area contributed by atoms with Crippen molar-refractivity contribution in [3.8, 4) is 11.4 Å². The second kappa shape index (κ2) is 5.94. The van der Waals surface area contributed by atoms with Gasteiger partial charge in [0.2, 0.25) is 0 Å². The van der Waals surface area contributed by atoms with E-state index in [0.717, 1.165) is 10.2 Å². The number of para-hydroxylation sites is 1. The molecular formula is C14H13ClN4O2S. The van der Waals surface area contributed by atoms with Crippen LogP contribution < -0.4 is 10.4 Å². The van der Waals surface area contributed by atoms with Crippen LogP contribution in [0.5, 0.6) is 5.75 Å². The van der Waals surface area contributed by atoms with Gasteiger partial charge in [-0.15, -0.1) is 11.3 Å². The summed E-state index contributed by atoms with van der Waals surface area (Å²) in [6.07, 6.45) is 0. The summed E-state index contributed by atoms with van der Waals surface area (Å²) in [4.78, 5) is 12.0. The SMILES string of the molecule is [3H]c1ccc(OCc2c(-n3nnn(C)c3=O)csc2Cl)c(C)c1. The van der Waals surface area contributed by atoms with E-state index in [4.69, 9.17) is 17.7 Å². The Labute approximate surface area is 136 Å². The van der Waals surface area contributed by atoms with Gasteiger partial charge in [0, 0.05) is 18.0 Å². The van der Waals surface area contributed by atoms with Crippen molar-refractivity contribution in [2.45, 2.75) is 13.5 Å². The second-order valence-corrected chi connectivity index (χ2v) is 6.13. The van der Waals surface area contributed by atoms with Gasteiger partial charge in [-0.1, -0.05) is 29.8 Å². The lowest BCUT2D eigenvalue weighted by Gasteiger charge is -2.09. The van der Waals surface area contributed by atoms with Crippen LogP contribution in [0.25, 0.3) is 5.69 Å². The largest absolute Gasteiger partial charge is 0.488 e. The van der Waals surface area contributed by atoms with Gasteiger partial charge < -0.3 is 4.74 Å². The van der Waals surface area contributed by atoms with E-state index in [1.807, 2.05) is 6.92 Å². The highest BCUT2D eigenvalue weighted by Crippen LogP contribution is 2.31. The zero-order chi connectivity index (χ0) is 16.6. The summed E-state index contributed by atoms with van der Waals surface area (Å²) in [5, 5.41) is 9.28. The molecule has 0 atom stereocenters. The molecule has 0 aliphatic carbocycles. The van der Waals surface area contributed by atoms with Crippen molar-refractivity contribution in [1.82, 2.24) is 19.8 Å². The van der Waals surface area contributed by atoms with Gasteiger partial charge in [0.05, 0.1) is 7.06 Å². The van der Waals surface area contributed by atoms with Crippen LogP contribution in [0.2, 0.25) is 4.34 Å². The van der Waals surface area contributed by atoms with Crippen LogP contribution in [-0.2, 0) is 13.7 Å². The van der Waals surface area contributed by atoms with Gasteiger partial charge in [0.1, 0.15) is 16.7 Å². The highest BCUT2D eigenvalue weighted by Gasteiger charge is 2.17. The molecule has 22 heavy (non-hydrogen) atoms. The van der Waals surface area contributed by atoms with E-state index in [1.165, 1.54) is 23.1 Å². The first-order valence-electron chi connectivity index (χ1n) is 6.92. The molecule has 1 aromatic carbocycles. The summed E-state index contributed by atoms with van der Waals surface area (Å²) >= 11 is 7.53. The van der Waals surface area contributed by atoms with E-state index in [1.54, 1.807) is 23.6 Å². The monoisotopic (exact) mass is 338 g/mol. The third-order valence-electron chi connectivity index (χ3n) is 3.16. The van der Waals surface area contributed by atoms with Crippen LogP contribution in [-0.4, -0.2) is 19.8 Å². The van der Waals surface area contributed by atoms with Crippen LogP contribution in [0, 0.1) is 6.92 Å². The lowest BCUT2D eigenvalue weighted by Crippen LogP contribution is -2.22. The summed E-state index contributed by atoms with van der Waals surface area (Å²) in [5.41, 5.74) is 1.75. The van der Waals surface area contributed by atoms with Crippen molar-refractivity contribution >= 4 is 22.9 Å². The van der Waals surface area contributed by atoms with Crippen molar-refractivity contribution in [2.24, 2.45) is 7.05 Å². The van der Waals surface area contributed by atoms with E-state index in [9.17, 15) is 4.79 Å². The number of hydrogen-bond acceptors (Lipinski definition) is 5. The number of tetrazole rings is 1. The number of ether oxygens (including phenoxy) is 1. The zero-order valence-electron chi connectivity index (χ0n) is 12.9. The number of aryl methyl sites for hydroxylation is 2. The molecule has 0 spiro atoms. The quantitative estimate of drug-likeness (QED) is 0.733. The van der Waals surface area contributed by atoms with Gasteiger partial charge in [-0.25, -0.2) is 4.79 Å². The van der Waals surface area contributed by atoms with Crippen LogP contribution in [0.1, 0.15) is 12.5 Å². The Bertz CT molecular complexity index is 918. The fourth-order valence-corrected chi connectivity index (χ4v) is 2.98. The molecule has 0 radical (unpaired) electrons. The Hall–Kier alpha value is -2.12. The van der Waals surface area contributed by atoms with Crippen LogP contribution in [0.4, 0.5) is 0 Å². The second-order valence-electron chi connectivity index (χ2n) is 4.65. The Morgan fingerprint density at radius 2 is 2.27 bits per heavy atom. The summed E-state index contributed by atoms with van der Waals surface area (Å²) < 4.78 is 16.3. The molecule has 0 amide bonds. The third kappa shape index (κ3) is 2.65. The first-order chi connectivity index (χ1) is 11.0. The highest BCUT2D eigenvalue weighted by molar-refractivity contribution is 7.14. The fraction of sp³-hybridized carbons (Fsp3) is 0.214. The Morgan fingerprint density at radius 3 is 2.95 bits per heavy atom. The van der Waals surface area contributed by atoms with E-state index >= 15 is 0 Å². The molecular weight excluding hydrogens is 324 g/mol. The number of halogens is 1. The number of thiophene rings is 1. The average molecular weight is 339 g/mol. The molecule has 0 saturated heterocycles. The van der Waals surface area contributed by atoms with Gasteiger partial charge in [-0.3, -0.25) is 0 Å². The van der Waals surface area contributed by atoms with Gasteiger partial charge in [0.15, 0.2) is 0 Å². The molecule has 0 aliphatic rings. The minimum Gasteiger partial charge on any atom is -0.488 e. The van der Waals surface area contributed by atoms with E-state index < -0.39 is 0 Å². The molecule has 0 bridgehead atoms. The van der Waals surface area contributed by atoms with Crippen molar-refractivity contribution in [3.05, 3.63) is 55.6 Å². The van der Waals surface area contributed by atoms with Gasteiger partial charge in [0.25, 0.3) is 0 Å². The number of benzene rings is 1. The van der Waals surface area contributed by atoms with Crippen LogP contribution in [0.15, 0.2) is 34.4 Å². The lowest BCUT2D eigenvalue weighted by atomic mass is 10.2. The molecule has 8 heteroatoms. The van der Waals surface area contributed by atoms with Gasteiger partial charge in [-0.05, 0) is 29.0 Å². The van der Waals surface area contributed by atoms with E-state index in [2.05, 4.69) is 10.4 Å². The summed E-state index contributed by atoms with van der Waals surface area (Å²) in [6, 6.07) is 5.55. The van der Waals surface area contributed by atoms with Crippen molar-refractivity contribution in [1.29, 1.82) is 0 Å². The minimum atomic E-state index is -0.351. The van der Waals surface area contributed by atoms with E-state index in [0.29, 0.717) is 27.4 Å². The lowest BCUT2D eigenvalue weighted by molar-refractivity contribution is 0.304. The summed E-state index contributed by atoms with van der Waals surface area (Å²) in [5.74, 6) is 0.667. The Morgan fingerprint density at radius 1 is 1.45 bits per heavy atom. The Balaban J connectivity index is 1.90. The molecule has 6 nitrogen and oxygen atoms in total. The van der Waals surface area contributed by atoms with Crippen molar-refractivity contribution in [3.63, 3.8) is 0 Å². The van der Waals surface area contributed by atoms with Gasteiger partial charge in [-0.2, -0.15) is 9.36 Å². The maximum atomic E-state index is 12.0. The minimum absolute atomic E-state index is 0.193. The van der Waals surface area contributed by atoms with Crippen LogP contribution >= 0.6 is 22.9 Å². The molecule has 0 aliphatic heterocycles. The van der Waals surface area contributed by atoms with Crippen LogP contribution in [0.3, 0.4) is 0 Å². The maximum absolute atomic E-state index is 12.0. The molecule has 3 rings (SSSR count).